The molecule has 2 atom stereocenters. The second-order valence-electron chi connectivity index (χ2n) is 4.91. The van der Waals surface area contributed by atoms with Crippen molar-refractivity contribution >= 4 is 11.7 Å². The molecule has 110 valence electrons. The van der Waals surface area contributed by atoms with Gasteiger partial charge in [0, 0.05) is 24.8 Å². The molecule has 0 spiro atoms. The Morgan fingerprint density at radius 1 is 1.60 bits per heavy atom. The van der Waals surface area contributed by atoms with Gasteiger partial charge in [-0.2, -0.15) is 0 Å². The zero-order chi connectivity index (χ0) is 14.6. The highest BCUT2D eigenvalue weighted by Crippen LogP contribution is 2.24. The number of benzene rings is 1. The van der Waals surface area contributed by atoms with Crippen LogP contribution < -0.4 is 15.4 Å². The molecule has 0 saturated carbocycles. The van der Waals surface area contributed by atoms with Crippen LogP contribution >= 0.6 is 0 Å². The number of hydrogen-bond donors (Lipinski definition) is 3. The number of urea groups is 1. The molecular weight excluding hydrogens is 260 g/mol. The average Bonchev–Trinajstić information content (AvgIpc) is 2.77. The fourth-order valence-electron chi connectivity index (χ4n) is 2.11. The summed E-state index contributed by atoms with van der Waals surface area (Å²) in [5.41, 5.74) is -0.365. The van der Waals surface area contributed by atoms with Crippen LogP contribution in [0.3, 0.4) is 0 Å². The lowest BCUT2D eigenvalue weighted by Crippen LogP contribution is -2.48. The standard InChI is InChI=1S/C14H20N2O4/c1-10-14(18,6-7-20-10)9-15-13(17)16-11-4-3-5-12(8-11)19-2/h3-5,8,10,18H,6-7,9H2,1-2H3,(H2,15,16,17). The van der Waals surface area contributed by atoms with Gasteiger partial charge in [0.2, 0.25) is 0 Å². The van der Waals surface area contributed by atoms with Gasteiger partial charge in [0.15, 0.2) is 0 Å². The Morgan fingerprint density at radius 2 is 2.40 bits per heavy atom. The third-order valence-corrected chi connectivity index (χ3v) is 3.54. The summed E-state index contributed by atoms with van der Waals surface area (Å²) in [6.45, 7) is 2.47. The van der Waals surface area contributed by atoms with Gasteiger partial charge in [0.05, 0.1) is 19.8 Å². The number of rotatable bonds is 4. The van der Waals surface area contributed by atoms with Crippen molar-refractivity contribution in [3.05, 3.63) is 24.3 Å². The molecule has 0 aromatic heterocycles. The maximum Gasteiger partial charge on any atom is 0.319 e. The van der Waals surface area contributed by atoms with Crippen LogP contribution in [0.15, 0.2) is 24.3 Å². The Hall–Kier alpha value is -1.79. The minimum absolute atomic E-state index is 0.157. The first-order valence-corrected chi connectivity index (χ1v) is 6.56. The van der Waals surface area contributed by atoms with E-state index in [9.17, 15) is 9.90 Å². The normalized spacial score (nSPS) is 25.2. The van der Waals surface area contributed by atoms with Crippen LogP contribution in [-0.4, -0.2) is 43.1 Å². The zero-order valence-electron chi connectivity index (χ0n) is 11.7. The summed E-state index contributed by atoms with van der Waals surface area (Å²) in [7, 11) is 1.57. The van der Waals surface area contributed by atoms with Gasteiger partial charge in [0.1, 0.15) is 11.4 Å². The quantitative estimate of drug-likeness (QED) is 0.778. The predicted molar refractivity (Wildman–Crippen MR) is 75.0 cm³/mol. The molecule has 1 aliphatic rings. The predicted octanol–water partition coefficient (Wildman–Crippen LogP) is 1.36. The van der Waals surface area contributed by atoms with Crippen LogP contribution in [0.4, 0.5) is 10.5 Å². The first-order valence-electron chi connectivity index (χ1n) is 6.56. The molecule has 1 saturated heterocycles. The summed E-state index contributed by atoms with van der Waals surface area (Å²) in [6, 6.07) is 6.69. The van der Waals surface area contributed by atoms with E-state index in [2.05, 4.69) is 10.6 Å². The molecule has 2 unspecified atom stereocenters. The number of amides is 2. The molecule has 1 aliphatic heterocycles. The number of carbonyl (C=O) groups is 1. The van der Waals surface area contributed by atoms with Crippen LogP contribution in [-0.2, 0) is 4.74 Å². The van der Waals surface area contributed by atoms with E-state index in [-0.39, 0.29) is 18.7 Å². The average molecular weight is 280 g/mol. The van der Waals surface area contributed by atoms with E-state index in [1.807, 2.05) is 0 Å². The topological polar surface area (TPSA) is 79.8 Å². The smallest absolute Gasteiger partial charge is 0.319 e. The number of nitrogens with one attached hydrogen (secondary N) is 2. The molecule has 1 aromatic carbocycles. The van der Waals surface area contributed by atoms with Crippen LogP contribution in [0.25, 0.3) is 0 Å². The second-order valence-corrected chi connectivity index (χ2v) is 4.91. The van der Waals surface area contributed by atoms with Crippen molar-refractivity contribution in [1.29, 1.82) is 0 Å². The molecule has 2 amide bonds. The Kier molecular flexibility index (Phi) is 4.46. The molecule has 3 N–H and O–H groups in total. The molecule has 0 aliphatic carbocycles. The molecule has 2 rings (SSSR count). The van der Waals surface area contributed by atoms with Crippen LogP contribution in [0.1, 0.15) is 13.3 Å². The van der Waals surface area contributed by atoms with Crippen molar-refractivity contribution in [2.45, 2.75) is 25.0 Å². The number of hydrogen-bond acceptors (Lipinski definition) is 4. The fraction of sp³-hybridized carbons (Fsp3) is 0.500. The summed E-state index contributed by atoms with van der Waals surface area (Å²) >= 11 is 0. The van der Waals surface area contributed by atoms with E-state index in [1.54, 1.807) is 38.3 Å². The minimum Gasteiger partial charge on any atom is -0.497 e. The highest BCUT2D eigenvalue weighted by Gasteiger charge is 2.39. The van der Waals surface area contributed by atoms with Gasteiger partial charge in [-0.15, -0.1) is 0 Å². The molecule has 20 heavy (non-hydrogen) atoms. The lowest BCUT2D eigenvalue weighted by molar-refractivity contribution is -0.0241. The molecule has 1 heterocycles. The summed E-state index contributed by atoms with van der Waals surface area (Å²) in [4.78, 5) is 11.8. The molecule has 1 aromatic rings. The SMILES string of the molecule is COc1cccc(NC(=O)NCC2(O)CCOC2C)c1. The molecule has 0 bridgehead atoms. The van der Waals surface area contributed by atoms with Crippen molar-refractivity contribution < 1.29 is 19.4 Å². The van der Waals surface area contributed by atoms with E-state index in [0.717, 1.165) is 0 Å². The van der Waals surface area contributed by atoms with E-state index in [0.29, 0.717) is 24.5 Å². The van der Waals surface area contributed by atoms with E-state index in [1.165, 1.54) is 0 Å². The van der Waals surface area contributed by atoms with E-state index in [4.69, 9.17) is 9.47 Å². The number of ether oxygens (including phenoxy) is 2. The monoisotopic (exact) mass is 280 g/mol. The highest BCUT2D eigenvalue weighted by molar-refractivity contribution is 5.89. The number of anilines is 1. The Labute approximate surface area is 118 Å². The highest BCUT2D eigenvalue weighted by atomic mass is 16.5. The lowest BCUT2D eigenvalue weighted by Gasteiger charge is -2.26. The van der Waals surface area contributed by atoms with Gasteiger partial charge in [-0.1, -0.05) is 6.07 Å². The molecular formula is C14H20N2O4. The van der Waals surface area contributed by atoms with Crippen molar-refractivity contribution in [1.82, 2.24) is 5.32 Å². The molecule has 0 radical (unpaired) electrons. The third-order valence-electron chi connectivity index (χ3n) is 3.54. The number of aliphatic hydroxyl groups is 1. The van der Waals surface area contributed by atoms with Crippen LogP contribution in [0.5, 0.6) is 5.75 Å². The number of methoxy groups -OCH3 is 1. The Morgan fingerprint density at radius 3 is 3.05 bits per heavy atom. The van der Waals surface area contributed by atoms with E-state index < -0.39 is 5.60 Å². The summed E-state index contributed by atoms with van der Waals surface area (Å²) in [5.74, 6) is 0.666. The Balaban J connectivity index is 1.86. The van der Waals surface area contributed by atoms with Crippen LogP contribution in [0.2, 0.25) is 0 Å². The summed E-state index contributed by atoms with van der Waals surface area (Å²) in [6.07, 6.45) is 0.243. The maximum absolute atomic E-state index is 11.8. The van der Waals surface area contributed by atoms with Gasteiger partial charge in [-0.3, -0.25) is 0 Å². The van der Waals surface area contributed by atoms with Crippen LogP contribution in [0, 0.1) is 0 Å². The van der Waals surface area contributed by atoms with Crippen molar-refractivity contribution in [2.75, 3.05) is 25.6 Å². The maximum atomic E-state index is 11.8. The summed E-state index contributed by atoms with van der Waals surface area (Å²) in [5, 5.41) is 15.6. The minimum atomic E-state index is -0.994. The lowest BCUT2D eigenvalue weighted by atomic mass is 9.97. The van der Waals surface area contributed by atoms with Gasteiger partial charge in [-0.05, 0) is 19.1 Å². The molecule has 6 heteroatoms. The van der Waals surface area contributed by atoms with Gasteiger partial charge >= 0.3 is 6.03 Å². The third kappa shape index (κ3) is 3.40. The van der Waals surface area contributed by atoms with Gasteiger partial charge in [0.25, 0.3) is 0 Å². The van der Waals surface area contributed by atoms with Crippen molar-refractivity contribution in [3.63, 3.8) is 0 Å². The van der Waals surface area contributed by atoms with Crippen molar-refractivity contribution in [3.8, 4) is 5.75 Å². The number of carbonyl (C=O) groups excluding carboxylic acids is 1. The molecule has 6 nitrogen and oxygen atoms in total. The van der Waals surface area contributed by atoms with E-state index >= 15 is 0 Å². The second kappa shape index (κ2) is 6.11. The Bertz CT molecular complexity index is 480. The first-order chi connectivity index (χ1) is 9.53. The zero-order valence-corrected chi connectivity index (χ0v) is 11.7. The largest absolute Gasteiger partial charge is 0.497 e. The van der Waals surface area contributed by atoms with Crippen molar-refractivity contribution in [2.24, 2.45) is 0 Å². The fourth-order valence-corrected chi connectivity index (χ4v) is 2.11. The van der Waals surface area contributed by atoms with Gasteiger partial charge in [-0.25, -0.2) is 4.79 Å². The molecule has 1 fully saturated rings. The summed E-state index contributed by atoms with van der Waals surface area (Å²) < 4.78 is 10.4. The first kappa shape index (κ1) is 14.6. The van der Waals surface area contributed by atoms with Gasteiger partial charge < -0.3 is 25.2 Å².